The lowest BCUT2D eigenvalue weighted by atomic mass is 9.85. The first-order valence-corrected chi connectivity index (χ1v) is 37.0. The van der Waals surface area contributed by atoms with E-state index in [0.29, 0.717) is 162 Å². The summed E-state index contributed by atoms with van der Waals surface area (Å²) >= 11 is 0. The summed E-state index contributed by atoms with van der Waals surface area (Å²) in [6, 6.07) is 12.2. The van der Waals surface area contributed by atoms with Crippen LogP contribution in [-0.2, 0) is 103 Å². The summed E-state index contributed by atoms with van der Waals surface area (Å²) in [7, 11) is 6.34. The van der Waals surface area contributed by atoms with Crippen molar-refractivity contribution in [3.8, 4) is 0 Å². The summed E-state index contributed by atoms with van der Waals surface area (Å²) in [5.41, 5.74) is 2.11. The molecule has 3 aliphatic rings. The van der Waals surface area contributed by atoms with Gasteiger partial charge in [0.05, 0.1) is 142 Å². The Morgan fingerprint density at radius 1 is 0.621 bits per heavy atom. The first kappa shape index (κ1) is 86.8. The summed E-state index contributed by atoms with van der Waals surface area (Å²) in [5, 5.41) is 12.0. The monoisotopic (exact) mass is 1450 g/mol. The Bertz CT molecular complexity index is 2890. The van der Waals surface area contributed by atoms with Crippen LogP contribution in [0.15, 0.2) is 66.7 Å². The van der Waals surface area contributed by atoms with Crippen LogP contribution in [-0.4, -0.2) is 262 Å². The van der Waals surface area contributed by atoms with Crippen LogP contribution in [0.25, 0.3) is 0 Å². The summed E-state index contributed by atoms with van der Waals surface area (Å²) in [6.07, 6.45) is 6.53. The number of amides is 9. The van der Waals surface area contributed by atoms with Crippen molar-refractivity contribution in [3.05, 3.63) is 77.9 Å². The average molecular weight is 1450 g/mol. The number of nitrogens with one attached hydrogen (secondary N) is 4. The number of hydrogen-bond donors (Lipinski definition) is 4. The first-order chi connectivity index (χ1) is 49.6. The van der Waals surface area contributed by atoms with E-state index >= 15 is 0 Å². The zero-order chi connectivity index (χ0) is 75.1. The quantitative estimate of drug-likeness (QED) is 0.0457. The molecule has 4 N–H and O–H groups in total. The van der Waals surface area contributed by atoms with E-state index < -0.39 is 66.1 Å². The number of benzene rings is 2. The third-order valence-electron chi connectivity index (χ3n) is 19.3. The zero-order valence-electron chi connectivity index (χ0n) is 63.0. The fraction of sp³-hybridized carbons (Fsp3) is 0.697. The highest BCUT2D eigenvalue weighted by molar-refractivity contribution is 6.12. The van der Waals surface area contributed by atoms with Crippen LogP contribution in [0.2, 0.25) is 0 Å². The number of unbranched alkanes of at least 4 members (excludes halogenated alkanes) is 2. The van der Waals surface area contributed by atoms with Crippen LogP contribution in [0.5, 0.6) is 0 Å². The second-order valence-corrected chi connectivity index (χ2v) is 27.2. The number of carbonyl (C=O) groups excluding carboxylic acids is 9. The number of rotatable bonds is 52. The number of piperidine rings is 1. The highest BCUT2D eigenvalue weighted by atomic mass is 16.6. The van der Waals surface area contributed by atoms with Gasteiger partial charge in [-0.2, -0.15) is 0 Å². The largest absolute Gasteiger partial charge is 0.382 e. The van der Waals surface area contributed by atoms with Gasteiger partial charge in [-0.05, 0) is 86.5 Å². The van der Waals surface area contributed by atoms with Gasteiger partial charge in [0.15, 0.2) is 0 Å². The Kier molecular flexibility index (Phi) is 40.8. The summed E-state index contributed by atoms with van der Waals surface area (Å²) in [5.74, 6) is -4.44. The van der Waals surface area contributed by atoms with Gasteiger partial charge in [0.2, 0.25) is 41.4 Å². The number of nitrogens with zero attached hydrogens (tertiary/aromatic N) is 4. The van der Waals surface area contributed by atoms with Crippen molar-refractivity contribution in [2.75, 3.05) is 146 Å². The predicted octanol–water partition coefficient (Wildman–Crippen LogP) is 5.68. The molecule has 0 aromatic heterocycles. The molecule has 11 atom stereocenters. The minimum atomic E-state index is -1.01. The number of anilines is 1. The van der Waals surface area contributed by atoms with Crippen molar-refractivity contribution in [1.29, 1.82) is 0 Å². The van der Waals surface area contributed by atoms with Crippen LogP contribution >= 0.6 is 0 Å². The maximum atomic E-state index is 15.0. The van der Waals surface area contributed by atoms with Gasteiger partial charge >= 0.3 is 0 Å². The molecule has 2 fully saturated rings. The molecule has 27 heteroatoms. The lowest BCUT2D eigenvalue weighted by molar-refractivity contribution is -0.151. The predicted molar refractivity (Wildman–Crippen MR) is 387 cm³/mol. The van der Waals surface area contributed by atoms with E-state index in [4.69, 9.17) is 47.4 Å². The van der Waals surface area contributed by atoms with Gasteiger partial charge in [0, 0.05) is 84.7 Å². The third-order valence-corrected chi connectivity index (χ3v) is 19.3. The molecule has 0 bridgehead atoms. The molecular weight excluding hydrogens is 1330 g/mol. The fourth-order valence-corrected chi connectivity index (χ4v) is 13.2. The molecular formula is C76H120N8O19. The maximum absolute atomic E-state index is 15.0. The van der Waals surface area contributed by atoms with Gasteiger partial charge in [-0.25, -0.2) is 0 Å². The van der Waals surface area contributed by atoms with Gasteiger partial charge in [-0.15, -0.1) is 0 Å². The standard InChI is InChI=1S/C76H120N8O19/c1-12-54(4)70(81(8)76(93)69(53(2)3)80-75(92)71-55(5)24-25-56(6)84(71)67(88)32-35-97-38-39-99-42-43-101-46-47-103-49-48-102-45-44-100-41-40-98-37-36-94-9)63(95-10)51-68(89)82-34-19-22-62(82)72(96-11)57(7)73(90)79-61(50-58-20-15-13-16-21-58)74(91)78-60-28-26-59(27-29-60)52-77-64(85)23-17-14-18-33-83-65(86)30-31-66(83)87/h13,15-16,20-21,26-31,53-57,61-63,69-72H,12,14,17-19,22-25,32-52H2,1-11H3,(H,77,85)(H,78,91)(H,79,90)(H,80,92)/t54-,55+,56+,57+,61-,62-,63+,69-,70-,71-,72+/m0/s1. The Labute approximate surface area is 610 Å². The number of likely N-dealkylation sites (N-methyl/N-ethyl adjacent to an activating group) is 1. The molecule has 2 aromatic carbocycles. The Morgan fingerprint density at radius 2 is 1.19 bits per heavy atom. The van der Waals surface area contributed by atoms with Gasteiger partial charge in [0.1, 0.15) is 18.1 Å². The minimum Gasteiger partial charge on any atom is -0.382 e. The number of likely N-dealkylation sites (tertiary alicyclic amines) is 2. The molecule has 0 saturated carbocycles. The topological polar surface area (TPSA) is 307 Å². The lowest BCUT2D eigenvalue weighted by Crippen LogP contribution is -2.63. The molecule has 103 heavy (non-hydrogen) atoms. The van der Waals surface area contributed by atoms with Crippen molar-refractivity contribution < 1.29 is 90.5 Å². The lowest BCUT2D eigenvalue weighted by Gasteiger charge is -2.44. The summed E-state index contributed by atoms with van der Waals surface area (Å²) in [4.78, 5) is 130. The molecule has 2 saturated heterocycles. The molecule has 2 aromatic rings. The van der Waals surface area contributed by atoms with Crippen LogP contribution in [0.1, 0.15) is 130 Å². The van der Waals surface area contributed by atoms with Gasteiger partial charge < -0.3 is 83.3 Å². The normalized spacial score (nSPS) is 18.9. The molecule has 0 radical (unpaired) electrons. The highest BCUT2D eigenvalue weighted by Gasteiger charge is 2.46. The van der Waals surface area contributed by atoms with E-state index in [0.717, 1.165) is 11.1 Å². The van der Waals surface area contributed by atoms with Crippen LogP contribution in [0.4, 0.5) is 5.69 Å². The number of hydrogen-bond acceptors (Lipinski definition) is 19. The van der Waals surface area contributed by atoms with E-state index in [1.165, 1.54) is 31.3 Å². The second-order valence-electron chi connectivity index (χ2n) is 27.2. The minimum absolute atomic E-state index is 0.0537. The molecule has 578 valence electrons. The van der Waals surface area contributed by atoms with Gasteiger partial charge in [-0.3, -0.25) is 48.1 Å². The van der Waals surface area contributed by atoms with E-state index in [-0.39, 0.29) is 98.3 Å². The Hall–Kier alpha value is -6.79. The smallest absolute Gasteiger partial charge is 0.253 e. The third kappa shape index (κ3) is 29.6. The van der Waals surface area contributed by atoms with E-state index in [1.807, 2.05) is 71.9 Å². The molecule has 0 unspecified atom stereocenters. The molecule has 0 spiro atoms. The van der Waals surface area contributed by atoms with Crippen LogP contribution < -0.4 is 21.3 Å². The van der Waals surface area contributed by atoms with Gasteiger partial charge in [-0.1, -0.05) is 96.8 Å². The maximum Gasteiger partial charge on any atom is 0.253 e. The Morgan fingerprint density at radius 3 is 1.74 bits per heavy atom. The molecule has 27 nitrogen and oxygen atoms in total. The fourth-order valence-electron chi connectivity index (χ4n) is 13.2. The molecule has 3 aliphatic heterocycles. The summed E-state index contributed by atoms with van der Waals surface area (Å²) in [6.45, 7) is 20.6. The van der Waals surface area contributed by atoms with E-state index in [9.17, 15) is 43.2 Å². The molecule has 3 heterocycles. The second kappa shape index (κ2) is 48.3. The molecule has 5 rings (SSSR count). The molecule has 0 aliphatic carbocycles. The van der Waals surface area contributed by atoms with Crippen molar-refractivity contribution in [2.24, 2.45) is 23.7 Å². The van der Waals surface area contributed by atoms with Crippen molar-refractivity contribution in [2.45, 2.75) is 181 Å². The van der Waals surface area contributed by atoms with Crippen molar-refractivity contribution >= 4 is 58.9 Å². The summed E-state index contributed by atoms with van der Waals surface area (Å²) < 4.78 is 56.1. The molecule has 9 amide bonds. The van der Waals surface area contributed by atoms with Crippen LogP contribution in [0, 0.1) is 23.7 Å². The highest BCUT2D eigenvalue weighted by Crippen LogP contribution is 2.32. The number of methoxy groups -OCH3 is 3. The first-order valence-electron chi connectivity index (χ1n) is 37.0. The number of carbonyl (C=O) groups is 9. The zero-order valence-corrected chi connectivity index (χ0v) is 63.0. The van der Waals surface area contributed by atoms with Gasteiger partial charge in [0.25, 0.3) is 11.8 Å². The van der Waals surface area contributed by atoms with E-state index in [2.05, 4.69) is 21.3 Å². The van der Waals surface area contributed by atoms with Crippen molar-refractivity contribution in [3.63, 3.8) is 0 Å². The van der Waals surface area contributed by atoms with E-state index in [1.54, 1.807) is 60.0 Å². The Balaban J connectivity index is 1.10. The van der Waals surface area contributed by atoms with Crippen molar-refractivity contribution in [1.82, 2.24) is 35.6 Å². The average Bonchev–Trinajstić information content (AvgIpc) is 1.15. The number of imide groups is 1. The number of ether oxygens (including phenoxy) is 10. The SMILES string of the molecule is CC[C@H](C)[C@@H]([C@@H](CC(=O)N1CCC[C@H]1[C@H](OC)[C@@H](C)C(=O)N[C@@H](Cc1ccccc1)C(=O)Nc1ccc(CNC(=O)CCCCCN2C(=O)C=CC2=O)cc1)OC)N(C)C(=O)[C@@H](NC(=O)[C@@H]1[C@H](C)CC[C@@H](C)N1C(=O)CCOCCOCCOCCOCCOCCOCCOCCOC)C(C)C. The van der Waals surface area contributed by atoms with Crippen LogP contribution in [0.3, 0.4) is 0 Å².